The highest BCUT2D eigenvalue weighted by molar-refractivity contribution is 7.21. The number of phenolic OH excluding ortho intramolecular Hbond substituents is 1. The lowest BCUT2D eigenvalue weighted by molar-refractivity contribution is 0.0690. The zero-order valence-electron chi connectivity index (χ0n) is 19.1. The number of hydrogen-bond acceptors (Lipinski definition) is 4. The molecular formula is C29H23NO4S. The Labute approximate surface area is 205 Å². The Kier molecular flexibility index (Phi) is 5.00. The van der Waals surface area contributed by atoms with Gasteiger partial charge in [0.05, 0.1) is 4.88 Å². The molecule has 1 saturated carbocycles. The van der Waals surface area contributed by atoms with Gasteiger partial charge in [-0.2, -0.15) is 0 Å². The molecule has 0 unspecified atom stereocenters. The first-order valence-electron chi connectivity index (χ1n) is 11.6. The second kappa shape index (κ2) is 8.10. The number of carbonyl (C=O) groups is 1. The van der Waals surface area contributed by atoms with E-state index in [1.807, 2.05) is 25.1 Å². The number of aromatic hydroxyl groups is 1. The molecular weight excluding hydrogens is 458 g/mol. The molecule has 1 aliphatic rings. The van der Waals surface area contributed by atoms with Crippen LogP contribution in [0.2, 0.25) is 0 Å². The minimum Gasteiger partial charge on any atom is -0.508 e. The molecule has 0 spiro atoms. The molecule has 0 aliphatic heterocycles. The van der Waals surface area contributed by atoms with Crippen LogP contribution < -0.4 is 5.56 Å². The van der Waals surface area contributed by atoms with Crippen LogP contribution in [-0.2, 0) is 6.42 Å². The van der Waals surface area contributed by atoms with E-state index in [0.29, 0.717) is 27.6 Å². The van der Waals surface area contributed by atoms with Gasteiger partial charge < -0.3 is 10.2 Å². The molecule has 5 aromatic rings. The van der Waals surface area contributed by atoms with Gasteiger partial charge in [0.25, 0.3) is 5.56 Å². The van der Waals surface area contributed by atoms with Crippen LogP contribution in [0.3, 0.4) is 0 Å². The van der Waals surface area contributed by atoms with E-state index in [-0.39, 0.29) is 17.0 Å². The van der Waals surface area contributed by atoms with Crippen molar-refractivity contribution in [2.24, 2.45) is 0 Å². The van der Waals surface area contributed by atoms with Gasteiger partial charge in [-0.1, -0.05) is 48.5 Å². The molecule has 2 aromatic heterocycles. The molecule has 1 fully saturated rings. The molecule has 5 nitrogen and oxygen atoms in total. The van der Waals surface area contributed by atoms with E-state index in [9.17, 15) is 19.8 Å². The number of phenols is 1. The standard InChI is InChI=1S/C29H23NO4S/c1-16-9-12-21(31)15-23(16)27-26(29(33)34)30-24(32)14-20(25(18-10-11-18)28(30)35-27)13-19-7-4-6-17-5-2-3-8-22(17)19/h2-9,12,14-15,18,31H,10-11,13H2,1H3,(H,33,34). The van der Waals surface area contributed by atoms with Crippen molar-refractivity contribution in [3.8, 4) is 16.2 Å². The minimum absolute atomic E-state index is 0.0395. The lowest BCUT2D eigenvalue weighted by atomic mass is 9.95. The smallest absolute Gasteiger partial charge is 0.354 e. The average molecular weight is 482 g/mol. The van der Waals surface area contributed by atoms with Crippen LogP contribution in [0, 0.1) is 6.92 Å². The van der Waals surface area contributed by atoms with Crippen molar-refractivity contribution >= 4 is 32.9 Å². The molecule has 2 heterocycles. The molecule has 0 bridgehead atoms. The fourth-order valence-electron chi connectivity index (χ4n) is 5.04. The summed E-state index contributed by atoms with van der Waals surface area (Å²) in [5.41, 5.74) is 4.29. The molecule has 1 aliphatic carbocycles. The van der Waals surface area contributed by atoms with Gasteiger partial charge in [0.15, 0.2) is 5.69 Å². The number of thiazole rings is 1. The number of hydrogen-bond donors (Lipinski definition) is 2. The van der Waals surface area contributed by atoms with Crippen molar-refractivity contribution < 1.29 is 15.0 Å². The van der Waals surface area contributed by atoms with Gasteiger partial charge in [0.1, 0.15) is 10.6 Å². The van der Waals surface area contributed by atoms with Crippen molar-refractivity contribution in [3.63, 3.8) is 0 Å². The van der Waals surface area contributed by atoms with E-state index in [2.05, 4.69) is 24.3 Å². The number of rotatable bonds is 5. The maximum Gasteiger partial charge on any atom is 0.354 e. The first-order chi connectivity index (χ1) is 16.9. The van der Waals surface area contributed by atoms with Crippen LogP contribution in [0.15, 0.2) is 71.5 Å². The zero-order valence-corrected chi connectivity index (χ0v) is 19.9. The molecule has 0 radical (unpaired) electrons. The molecule has 35 heavy (non-hydrogen) atoms. The number of fused-ring (bicyclic) bond motifs is 2. The number of carboxylic acid groups (broad SMARTS) is 1. The van der Waals surface area contributed by atoms with Crippen molar-refractivity contribution in [1.29, 1.82) is 0 Å². The number of aromatic carboxylic acids is 1. The van der Waals surface area contributed by atoms with E-state index in [1.54, 1.807) is 24.3 Å². The molecule has 0 saturated heterocycles. The molecule has 0 amide bonds. The Morgan fingerprint density at radius 3 is 2.57 bits per heavy atom. The quantitative estimate of drug-likeness (QED) is 0.306. The van der Waals surface area contributed by atoms with Gasteiger partial charge in [-0.15, -0.1) is 11.3 Å². The van der Waals surface area contributed by atoms with Gasteiger partial charge in [0.2, 0.25) is 0 Å². The Balaban J connectivity index is 1.62. The number of pyridine rings is 1. The van der Waals surface area contributed by atoms with Crippen LogP contribution in [0.1, 0.15) is 51.5 Å². The van der Waals surface area contributed by atoms with Crippen molar-refractivity contribution in [1.82, 2.24) is 4.40 Å². The van der Waals surface area contributed by atoms with Crippen LogP contribution in [0.4, 0.5) is 0 Å². The SMILES string of the molecule is Cc1ccc(O)cc1-c1sc2c(C3CC3)c(Cc3cccc4ccccc34)cc(=O)n2c1C(=O)O. The van der Waals surface area contributed by atoms with Crippen molar-refractivity contribution in [2.45, 2.75) is 32.1 Å². The van der Waals surface area contributed by atoms with E-state index >= 15 is 0 Å². The Hall–Kier alpha value is -3.90. The predicted octanol–water partition coefficient (Wildman–Crippen LogP) is 6.36. The molecule has 2 N–H and O–H groups in total. The van der Waals surface area contributed by atoms with Gasteiger partial charge in [-0.25, -0.2) is 4.79 Å². The third-order valence-electron chi connectivity index (χ3n) is 6.85. The van der Waals surface area contributed by atoms with Crippen LogP contribution >= 0.6 is 11.3 Å². The lowest BCUT2D eigenvalue weighted by Crippen LogP contribution is -2.19. The second-order valence-corrected chi connectivity index (χ2v) is 10.2. The fourth-order valence-corrected chi connectivity index (χ4v) is 6.52. The monoisotopic (exact) mass is 481 g/mol. The number of nitrogens with zero attached hydrogens (tertiary/aromatic N) is 1. The van der Waals surface area contributed by atoms with Crippen molar-refractivity contribution in [3.05, 3.63) is 105 Å². The first-order valence-corrected chi connectivity index (χ1v) is 12.5. The summed E-state index contributed by atoms with van der Waals surface area (Å²) in [7, 11) is 0. The Morgan fingerprint density at radius 2 is 1.80 bits per heavy atom. The maximum atomic E-state index is 13.4. The normalized spacial score (nSPS) is 13.5. The predicted molar refractivity (Wildman–Crippen MR) is 139 cm³/mol. The zero-order chi connectivity index (χ0) is 24.3. The van der Waals surface area contributed by atoms with Gasteiger partial charge in [-0.3, -0.25) is 9.20 Å². The Morgan fingerprint density at radius 1 is 1.03 bits per heavy atom. The lowest BCUT2D eigenvalue weighted by Gasteiger charge is -2.13. The van der Waals surface area contributed by atoms with E-state index in [1.165, 1.54) is 15.7 Å². The number of aryl methyl sites for hydroxylation is 1. The summed E-state index contributed by atoms with van der Waals surface area (Å²) in [5, 5.41) is 22.6. The first kappa shape index (κ1) is 21.6. The summed E-state index contributed by atoms with van der Waals surface area (Å²) in [6.07, 6.45) is 2.66. The van der Waals surface area contributed by atoms with Gasteiger partial charge >= 0.3 is 5.97 Å². The minimum atomic E-state index is -1.15. The summed E-state index contributed by atoms with van der Waals surface area (Å²) < 4.78 is 1.37. The summed E-state index contributed by atoms with van der Waals surface area (Å²) in [5.74, 6) is -0.778. The molecule has 3 aromatic carbocycles. The summed E-state index contributed by atoms with van der Waals surface area (Å²) >= 11 is 1.34. The largest absolute Gasteiger partial charge is 0.508 e. The maximum absolute atomic E-state index is 13.4. The van der Waals surface area contributed by atoms with E-state index < -0.39 is 5.97 Å². The third kappa shape index (κ3) is 3.61. The average Bonchev–Trinajstić information content (AvgIpc) is 3.59. The summed E-state index contributed by atoms with van der Waals surface area (Å²) in [6, 6.07) is 21.0. The van der Waals surface area contributed by atoms with Crippen LogP contribution in [0.25, 0.3) is 26.0 Å². The summed E-state index contributed by atoms with van der Waals surface area (Å²) in [4.78, 5) is 27.0. The topological polar surface area (TPSA) is 79.0 Å². The van der Waals surface area contributed by atoms with E-state index in [4.69, 9.17) is 0 Å². The molecule has 6 rings (SSSR count). The highest BCUT2D eigenvalue weighted by atomic mass is 32.1. The molecule has 6 heteroatoms. The molecule has 174 valence electrons. The summed E-state index contributed by atoms with van der Waals surface area (Å²) in [6.45, 7) is 1.88. The number of benzene rings is 3. The fraction of sp³-hybridized carbons (Fsp3) is 0.172. The highest BCUT2D eigenvalue weighted by Gasteiger charge is 2.33. The van der Waals surface area contributed by atoms with Crippen molar-refractivity contribution in [2.75, 3.05) is 0 Å². The highest BCUT2D eigenvalue weighted by Crippen LogP contribution is 2.47. The van der Waals surface area contributed by atoms with Crippen LogP contribution in [-0.4, -0.2) is 20.6 Å². The Bertz CT molecular complexity index is 1700. The number of aromatic nitrogens is 1. The second-order valence-electron chi connectivity index (χ2n) is 9.24. The third-order valence-corrected chi connectivity index (χ3v) is 8.06. The van der Waals surface area contributed by atoms with Gasteiger partial charge in [-0.05, 0) is 77.3 Å². The number of carboxylic acids is 1. The van der Waals surface area contributed by atoms with Crippen LogP contribution in [0.5, 0.6) is 5.75 Å². The van der Waals surface area contributed by atoms with Gasteiger partial charge in [0, 0.05) is 11.6 Å². The van der Waals surface area contributed by atoms with E-state index in [0.717, 1.165) is 45.9 Å². The molecule has 0 atom stereocenters.